The highest BCUT2D eigenvalue weighted by Crippen LogP contribution is 2.33. The lowest BCUT2D eigenvalue weighted by molar-refractivity contribution is 0.171. The Labute approximate surface area is 170 Å². The summed E-state index contributed by atoms with van der Waals surface area (Å²) in [5.41, 5.74) is 0. The monoisotopic (exact) mass is 420 g/mol. The molecule has 2 aromatic rings. The molecule has 1 saturated heterocycles. The number of piperazine rings is 1. The van der Waals surface area contributed by atoms with Crippen LogP contribution in [0.3, 0.4) is 0 Å². The largest absolute Gasteiger partial charge is 0.486 e. The fourth-order valence-corrected chi connectivity index (χ4v) is 5.71. The zero-order valence-electron chi connectivity index (χ0n) is 15.6. The van der Waals surface area contributed by atoms with Crippen molar-refractivity contribution in [3.8, 4) is 11.5 Å². The highest BCUT2D eigenvalue weighted by Gasteiger charge is 2.29. The molecule has 8 heteroatoms. The van der Waals surface area contributed by atoms with Crippen LogP contribution in [0.2, 0.25) is 0 Å². The summed E-state index contributed by atoms with van der Waals surface area (Å²) >= 11 is 1.83. The molecule has 0 N–H and O–H groups in total. The van der Waals surface area contributed by atoms with Gasteiger partial charge >= 0.3 is 0 Å². The molecule has 0 amide bonds. The number of nitrogens with zero attached hydrogens (tertiary/aromatic N) is 2. The van der Waals surface area contributed by atoms with Gasteiger partial charge in [0.05, 0.1) is 4.90 Å². The normalized spacial score (nSPS) is 18.1. The average Bonchev–Trinajstić information content (AvgIpc) is 2.74. The predicted octanol–water partition coefficient (Wildman–Crippen LogP) is 2.56. The van der Waals surface area contributed by atoms with Gasteiger partial charge in [-0.2, -0.15) is 4.31 Å². The Morgan fingerprint density at radius 1 is 0.893 bits per heavy atom. The highest BCUT2D eigenvalue weighted by atomic mass is 32.2. The molecule has 0 bridgehead atoms. The van der Waals surface area contributed by atoms with Gasteiger partial charge in [-0.3, -0.25) is 4.90 Å². The summed E-state index contributed by atoms with van der Waals surface area (Å²) in [5, 5.41) is 0. The number of hydrogen-bond acceptors (Lipinski definition) is 6. The van der Waals surface area contributed by atoms with Crippen LogP contribution < -0.4 is 9.47 Å². The molecule has 0 saturated carbocycles. The van der Waals surface area contributed by atoms with Gasteiger partial charge in [0.15, 0.2) is 11.5 Å². The van der Waals surface area contributed by atoms with Gasteiger partial charge in [0.2, 0.25) is 10.0 Å². The molecule has 2 aliphatic heterocycles. The van der Waals surface area contributed by atoms with Crippen LogP contribution in [0.4, 0.5) is 0 Å². The van der Waals surface area contributed by atoms with Crippen molar-refractivity contribution in [3.63, 3.8) is 0 Å². The topological polar surface area (TPSA) is 59.1 Å². The predicted molar refractivity (Wildman–Crippen MR) is 110 cm³/mol. The number of fused-ring (bicyclic) bond motifs is 1. The smallest absolute Gasteiger partial charge is 0.243 e. The molecule has 0 aromatic heterocycles. The maximum Gasteiger partial charge on any atom is 0.243 e. The third kappa shape index (κ3) is 4.46. The van der Waals surface area contributed by atoms with Crippen LogP contribution in [0.15, 0.2) is 58.3 Å². The third-order valence-electron chi connectivity index (χ3n) is 4.90. The van der Waals surface area contributed by atoms with Crippen molar-refractivity contribution in [3.05, 3.63) is 48.5 Å². The molecule has 4 rings (SSSR count). The lowest BCUT2D eigenvalue weighted by atomic mass is 10.3. The molecule has 0 atom stereocenters. The Kier molecular flexibility index (Phi) is 6.10. The molecule has 2 heterocycles. The van der Waals surface area contributed by atoms with Crippen molar-refractivity contribution >= 4 is 21.8 Å². The molecule has 6 nitrogen and oxygen atoms in total. The number of sulfonamides is 1. The van der Waals surface area contributed by atoms with Gasteiger partial charge in [-0.25, -0.2) is 8.42 Å². The van der Waals surface area contributed by atoms with E-state index in [4.69, 9.17) is 9.47 Å². The summed E-state index contributed by atoms with van der Waals surface area (Å²) in [4.78, 5) is 3.86. The minimum Gasteiger partial charge on any atom is -0.486 e. The molecule has 0 aliphatic carbocycles. The molecular formula is C20H24N2O4S2. The lowest BCUT2D eigenvalue weighted by Crippen LogP contribution is -2.49. The first-order chi connectivity index (χ1) is 13.6. The quantitative estimate of drug-likeness (QED) is 0.670. The summed E-state index contributed by atoms with van der Waals surface area (Å²) in [7, 11) is -3.52. The third-order valence-corrected chi connectivity index (χ3v) is 7.79. The van der Waals surface area contributed by atoms with E-state index in [-0.39, 0.29) is 4.90 Å². The molecule has 0 radical (unpaired) electrons. The van der Waals surface area contributed by atoms with Crippen LogP contribution in [0, 0.1) is 0 Å². The van der Waals surface area contributed by atoms with Crippen LogP contribution in [-0.4, -0.2) is 69.3 Å². The Bertz CT molecular complexity index is 898. The van der Waals surface area contributed by atoms with Crippen molar-refractivity contribution in [2.45, 2.75) is 9.79 Å². The SMILES string of the molecule is O=S(=O)(c1ccc2c(c1)OCCO2)N1CCN(CCSc2ccccc2)CC1. The van der Waals surface area contributed by atoms with E-state index in [2.05, 4.69) is 17.0 Å². The molecule has 2 aliphatic rings. The van der Waals surface area contributed by atoms with Gasteiger partial charge in [0, 0.05) is 49.4 Å². The zero-order valence-corrected chi connectivity index (χ0v) is 17.3. The zero-order chi connectivity index (χ0) is 19.4. The van der Waals surface area contributed by atoms with Crippen molar-refractivity contribution in [2.24, 2.45) is 0 Å². The van der Waals surface area contributed by atoms with E-state index >= 15 is 0 Å². The van der Waals surface area contributed by atoms with Crippen LogP contribution >= 0.6 is 11.8 Å². The minimum absolute atomic E-state index is 0.268. The first kappa shape index (κ1) is 19.6. The van der Waals surface area contributed by atoms with Crippen LogP contribution in [0.25, 0.3) is 0 Å². The van der Waals surface area contributed by atoms with E-state index < -0.39 is 10.0 Å². The maximum absolute atomic E-state index is 13.0. The summed E-state index contributed by atoms with van der Waals surface area (Å²) in [6, 6.07) is 15.2. The summed E-state index contributed by atoms with van der Waals surface area (Å²) in [6.07, 6.45) is 0. The van der Waals surface area contributed by atoms with E-state index in [9.17, 15) is 8.42 Å². The number of thioether (sulfide) groups is 1. The van der Waals surface area contributed by atoms with Crippen LogP contribution in [0.1, 0.15) is 0 Å². The van der Waals surface area contributed by atoms with Crippen LogP contribution in [-0.2, 0) is 10.0 Å². The second kappa shape index (κ2) is 8.73. The Morgan fingerprint density at radius 2 is 1.61 bits per heavy atom. The van der Waals surface area contributed by atoms with Crippen molar-refractivity contribution in [1.82, 2.24) is 9.21 Å². The average molecular weight is 421 g/mol. The van der Waals surface area contributed by atoms with E-state index in [0.717, 1.165) is 25.4 Å². The summed E-state index contributed by atoms with van der Waals surface area (Å²) in [5.74, 6) is 2.11. The first-order valence-electron chi connectivity index (χ1n) is 9.43. The number of ether oxygens (including phenoxy) is 2. The van der Waals surface area contributed by atoms with Crippen molar-refractivity contribution in [2.75, 3.05) is 51.7 Å². The van der Waals surface area contributed by atoms with Crippen molar-refractivity contribution < 1.29 is 17.9 Å². The lowest BCUT2D eigenvalue weighted by Gasteiger charge is -2.34. The number of hydrogen-bond donors (Lipinski definition) is 0. The first-order valence-corrected chi connectivity index (χ1v) is 11.9. The van der Waals surface area contributed by atoms with E-state index in [1.165, 1.54) is 4.90 Å². The molecule has 150 valence electrons. The standard InChI is InChI=1S/C20H24N2O4S2/c23-28(24,18-6-7-19-20(16-18)26-14-13-25-19)22-10-8-21(9-11-22)12-15-27-17-4-2-1-3-5-17/h1-7,16H,8-15H2. The Morgan fingerprint density at radius 3 is 2.36 bits per heavy atom. The molecule has 1 fully saturated rings. The summed E-state index contributed by atoms with van der Waals surface area (Å²) in [6.45, 7) is 4.40. The van der Waals surface area contributed by atoms with E-state index in [1.807, 2.05) is 30.0 Å². The van der Waals surface area contributed by atoms with Gasteiger partial charge < -0.3 is 9.47 Å². The molecule has 2 aromatic carbocycles. The fourth-order valence-electron chi connectivity index (χ4n) is 3.34. The van der Waals surface area contributed by atoms with Gasteiger partial charge in [-0.05, 0) is 24.3 Å². The summed E-state index contributed by atoms with van der Waals surface area (Å²) < 4.78 is 38.5. The molecule has 28 heavy (non-hydrogen) atoms. The van der Waals surface area contributed by atoms with E-state index in [0.29, 0.717) is 37.8 Å². The minimum atomic E-state index is -3.52. The van der Waals surface area contributed by atoms with Gasteiger partial charge in [0.25, 0.3) is 0 Å². The van der Waals surface area contributed by atoms with E-state index in [1.54, 1.807) is 22.5 Å². The van der Waals surface area contributed by atoms with Crippen molar-refractivity contribution in [1.29, 1.82) is 0 Å². The highest BCUT2D eigenvalue weighted by molar-refractivity contribution is 7.99. The second-order valence-corrected chi connectivity index (χ2v) is 9.82. The number of rotatable bonds is 6. The van der Waals surface area contributed by atoms with Gasteiger partial charge in [-0.15, -0.1) is 11.8 Å². The number of benzene rings is 2. The van der Waals surface area contributed by atoms with Gasteiger partial charge in [-0.1, -0.05) is 18.2 Å². The van der Waals surface area contributed by atoms with Gasteiger partial charge in [0.1, 0.15) is 13.2 Å². The maximum atomic E-state index is 13.0. The Hall–Kier alpha value is -1.74. The molecular weight excluding hydrogens is 396 g/mol. The second-order valence-electron chi connectivity index (χ2n) is 6.71. The molecule has 0 unspecified atom stereocenters. The van der Waals surface area contributed by atoms with Crippen LogP contribution in [0.5, 0.6) is 11.5 Å². The molecule has 0 spiro atoms. The fraction of sp³-hybridized carbons (Fsp3) is 0.400. The Balaban J connectivity index is 1.31.